The molecule has 3 aromatic rings. The normalized spacial score (nSPS) is 11.1. The lowest BCUT2D eigenvalue weighted by Gasteiger charge is -2.10. The number of sulfone groups is 1. The Morgan fingerprint density at radius 1 is 1.03 bits per heavy atom. The average Bonchev–Trinajstić information content (AvgIpc) is 2.69. The van der Waals surface area contributed by atoms with Crippen molar-refractivity contribution in [1.82, 2.24) is 4.98 Å². The Hall–Kier alpha value is -3.23. The zero-order valence-corrected chi connectivity index (χ0v) is 17.4. The number of pyridine rings is 1. The van der Waals surface area contributed by atoms with Crippen LogP contribution in [0.5, 0.6) is 0 Å². The van der Waals surface area contributed by atoms with Gasteiger partial charge in [-0.25, -0.2) is 13.2 Å². The minimum absolute atomic E-state index is 0.0543. The van der Waals surface area contributed by atoms with Gasteiger partial charge in [-0.05, 0) is 48.0 Å². The number of carbonyl (C=O) groups is 2. The van der Waals surface area contributed by atoms with Gasteiger partial charge in [0.1, 0.15) is 0 Å². The summed E-state index contributed by atoms with van der Waals surface area (Å²) in [5.41, 5.74) is 2.50. The first-order valence-electron chi connectivity index (χ1n) is 8.70. The highest BCUT2D eigenvalue weighted by atomic mass is 35.5. The maximum Gasteiger partial charge on any atom is 0.337 e. The Balaban J connectivity index is 1.79. The first kappa shape index (κ1) is 21.5. The molecule has 0 bridgehead atoms. The van der Waals surface area contributed by atoms with Crippen LogP contribution in [0.25, 0.3) is 11.3 Å². The van der Waals surface area contributed by atoms with Crippen LogP contribution in [0.15, 0.2) is 60.8 Å². The molecule has 0 fully saturated rings. The molecule has 0 atom stereocenters. The van der Waals surface area contributed by atoms with Crippen molar-refractivity contribution < 1.29 is 23.1 Å². The summed E-state index contributed by atoms with van der Waals surface area (Å²) in [7, 11) is -3.15. The molecule has 0 radical (unpaired) electrons. The van der Waals surface area contributed by atoms with Gasteiger partial charge in [0, 0.05) is 29.3 Å². The molecule has 7 nitrogen and oxygen atoms in total. The summed E-state index contributed by atoms with van der Waals surface area (Å²) in [6.07, 6.45) is 2.38. The highest BCUT2D eigenvalue weighted by molar-refractivity contribution is 7.89. The average molecular weight is 445 g/mol. The number of nitrogens with one attached hydrogen (secondary N) is 1. The Kier molecular flexibility index (Phi) is 6.19. The van der Waals surface area contributed by atoms with Crippen molar-refractivity contribution in [3.05, 3.63) is 82.5 Å². The molecule has 30 heavy (non-hydrogen) atoms. The van der Waals surface area contributed by atoms with Gasteiger partial charge < -0.3 is 10.4 Å². The molecule has 0 spiro atoms. The van der Waals surface area contributed by atoms with E-state index in [1.807, 2.05) is 0 Å². The molecule has 0 aliphatic rings. The highest BCUT2D eigenvalue weighted by Crippen LogP contribution is 2.29. The van der Waals surface area contributed by atoms with Crippen molar-refractivity contribution in [1.29, 1.82) is 0 Å². The van der Waals surface area contributed by atoms with Gasteiger partial charge in [-0.3, -0.25) is 9.78 Å². The maximum atomic E-state index is 12.5. The van der Waals surface area contributed by atoms with E-state index >= 15 is 0 Å². The van der Waals surface area contributed by atoms with Gasteiger partial charge in [0.05, 0.1) is 22.0 Å². The molecule has 1 amide bonds. The highest BCUT2D eigenvalue weighted by Gasteiger charge is 2.12. The number of aromatic nitrogens is 1. The predicted octanol–water partition coefficient (Wildman–Crippen LogP) is 3.90. The van der Waals surface area contributed by atoms with Gasteiger partial charge in [0.25, 0.3) is 5.91 Å². The van der Waals surface area contributed by atoms with Crippen molar-refractivity contribution in [2.75, 3.05) is 11.6 Å². The first-order chi connectivity index (χ1) is 14.1. The van der Waals surface area contributed by atoms with E-state index in [-0.39, 0.29) is 17.2 Å². The standard InChI is InChI=1S/C21H17ClN2O5S/c1-30(28,29)12-13-2-4-14(5-3-13)20(25)24-16-7-8-18(22)17(10-16)19-9-6-15(11-23-19)21(26)27/h2-11H,12H2,1H3,(H,24,25)(H,26,27). The number of halogens is 1. The van der Waals surface area contributed by atoms with E-state index in [1.165, 1.54) is 18.3 Å². The number of hydrogen-bond donors (Lipinski definition) is 2. The van der Waals surface area contributed by atoms with Crippen LogP contribution in [0, 0.1) is 0 Å². The van der Waals surface area contributed by atoms with Crippen LogP contribution < -0.4 is 5.32 Å². The van der Waals surface area contributed by atoms with Gasteiger partial charge in [0.2, 0.25) is 0 Å². The number of nitrogens with zero attached hydrogens (tertiary/aromatic N) is 1. The summed E-state index contributed by atoms with van der Waals surface area (Å²) in [6.45, 7) is 0. The van der Waals surface area contributed by atoms with E-state index in [1.54, 1.807) is 42.5 Å². The van der Waals surface area contributed by atoms with E-state index in [0.717, 1.165) is 6.26 Å². The molecule has 0 saturated carbocycles. The molecule has 1 heterocycles. The van der Waals surface area contributed by atoms with Crippen LogP contribution in [0.1, 0.15) is 26.3 Å². The quantitative estimate of drug-likeness (QED) is 0.596. The van der Waals surface area contributed by atoms with Crippen LogP contribution >= 0.6 is 11.6 Å². The number of carboxylic acid groups (broad SMARTS) is 1. The lowest BCUT2D eigenvalue weighted by Crippen LogP contribution is -2.12. The zero-order chi connectivity index (χ0) is 21.9. The number of anilines is 1. The minimum Gasteiger partial charge on any atom is -0.478 e. The monoisotopic (exact) mass is 444 g/mol. The minimum atomic E-state index is -3.15. The molecule has 0 aliphatic carbocycles. The van der Waals surface area contributed by atoms with Crippen LogP contribution in [-0.2, 0) is 15.6 Å². The van der Waals surface area contributed by atoms with Crippen LogP contribution in [-0.4, -0.2) is 36.6 Å². The summed E-state index contributed by atoms with van der Waals surface area (Å²) in [4.78, 5) is 27.6. The number of aromatic carboxylic acids is 1. The van der Waals surface area contributed by atoms with Crippen molar-refractivity contribution in [3.63, 3.8) is 0 Å². The van der Waals surface area contributed by atoms with E-state index < -0.39 is 15.8 Å². The van der Waals surface area contributed by atoms with Crippen molar-refractivity contribution in [2.24, 2.45) is 0 Å². The third-order valence-electron chi connectivity index (χ3n) is 4.16. The topological polar surface area (TPSA) is 113 Å². The van der Waals surface area contributed by atoms with Gasteiger partial charge in [-0.1, -0.05) is 23.7 Å². The van der Waals surface area contributed by atoms with Gasteiger partial charge in [0.15, 0.2) is 9.84 Å². The molecule has 1 aromatic heterocycles. The lowest BCUT2D eigenvalue weighted by atomic mass is 10.1. The van der Waals surface area contributed by atoms with Crippen molar-refractivity contribution in [2.45, 2.75) is 5.75 Å². The fourth-order valence-corrected chi connectivity index (χ4v) is 3.75. The summed E-state index contributed by atoms with van der Waals surface area (Å²) < 4.78 is 22.7. The van der Waals surface area contributed by atoms with Crippen LogP contribution in [0.3, 0.4) is 0 Å². The second-order valence-corrected chi connectivity index (χ2v) is 9.20. The fourth-order valence-electron chi connectivity index (χ4n) is 2.74. The molecule has 0 aliphatic heterocycles. The molecular weight excluding hydrogens is 428 g/mol. The number of amides is 1. The third kappa shape index (κ3) is 5.43. The van der Waals surface area contributed by atoms with E-state index in [4.69, 9.17) is 16.7 Å². The fraction of sp³-hybridized carbons (Fsp3) is 0.0952. The van der Waals surface area contributed by atoms with Gasteiger partial charge >= 0.3 is 5.97 Å². The van der Waals surface area contributed by atoms with Crippen molar-refractivity contribution >= 4 is 39.0 Å². The first-order valence-corrected chi connectivity index (χ1v) is 11.1. The zero-order valence-electron chi connectivity index (χ0n) is 15.8. The number of rotatable bonds is 6. The van der Waals surface area contributed by atoms with E-state index in [2.05, 4.69) is 10.3 Å². The largest absolute Gasteiger partial charge is 0.478 e. The lowest BCUT2D eigenvalue weighted by molar-refractivity contribution is 0.0696. The SMILES string of the molecule is CS(=O)(=O)Cc1ccc(C(=O)Nc2ccc(Cl)c(-c3ccc(C(=O)O)cn3)c2)cc1. The molecule has 0 saturated heterocycles. The third-order valence-corrected chi connectivity index (χ3v) is 5.34. The summed E-state index contributed by atoms with van der Waals surface area (Å²) in [5.74, 6) is -1.55. The molecule has 0 unspecified atom stereocenters. The molecule has 3 rings (SSSR count). The molecule has 154 valence electrons. The molecule has 2 aromatic carbocycles. The number of hydrogen-bond acceptors (Lipinski definition) is 5. The molecule has 9 heteroatoms. The van der Waals surface area contributed by atoms with Gasteiger partial charge in [-0.15, -0.1) is 0 Å². The Bertz CT molecular complexity index is 1210. The molecule has 2 N–H and O–H groups in total. The Morgan fingerprint density at radius 3 is 2.27 bits per heavy atom. The number of benzene rings is 2. The summed E-state index contributed by atoms with van der Waals surface area (Å²) in [5, 5.41) is 12.1. The second kappa shape index (κ2) is 8.64. The number of carboxylic acids is 1. The Morgan fingerprint density at radius 2 is 1.70 bits per heavy atom. The predicted molar refractivity (Wildman–Crippen MR) is 115 cm³/mol. The summed E-state index contributed by atoms with van der Waals surface area (Å²) >= 11 is 6.24. The number of carbonyl (C=O) groups excluding carboxylic acids is 1. The maximum absolute atomic E-state index is 12.5. The second-order valence-electron chi connectivity index (χ2n) is 6.65. The van der Waals surface area contributed by atoms with Crippen LogP contribution in [0.2, 0.25) is 5.02 Å². The Labute approximate surface area is 178 Å². The van der Waals surface area contributed by atoms with Crippen molar-refractivity contribution in [3.8, 4) is 11.3 Å². The van der Waals surface area contributed by atoms with E-state index in [0.29, 0.717) is 33.1 Å². The van der Waals surface area contributed by atoms with Gasteiger partial charge in [-0.2, -0.15) is 0 Å². The van der Waals surface area contributed by atoms with Crippen LogP contribution in [0.4, 0.5) is 5.69 Å². The molecular formula is C21H17ClN2O5S. The van der Waals surface area contributed by atoms with E-state index in [9.17, 15) is 18.0 Å². The smallest absolute Gasteiger partial charge is 0.337 e. The summed E-state index contributed by atoms with van der Waals surface area (Å²) in [6, 6.07) is 14.1.